The number of nitrogens with one attached hydrogen (secondary N) is 1. The SMILES string of the molecule is FC(F)(F)c1cc(NCc2ccccc2Cl)ccc1Br. The second-order valence-electron chi connectivity index (χ2n) is 4.14. The first kappa shape index (κ1) is 15.2. The smallest absolute Gasteiger partial charge is 0.381 e. The summed E-state index contributed by atoms with van der Waals surface area (Å²) in [4.78, 5) is 0. The Bertz CT molecular complexity index is 614. The number of benzene rings is 2. The van der Waals surface area contributed by atoms with Crippen molar-refractivity contribution in [3.05, 3.63) is 63.1 Å². The number of halogens is 5. The van der Waals surface area contributed by atoms with Gasteiger partial charge in [0.05, 0.1) is 5.56 Å². The van der Waals surface area contributed by atoms with Gasteiger partial charge in [-0.1, -0.05) is 45.7 Å². The van der Waals surface area contributed by atoms with Gasteiger partial charge in [0.2, 0.25) is 0 Å². The van der Waals surface area contributed by atoms with E-state index in [1.165, 1.54) is 6.07 Å². The summed E-state index contributed by atoms with van der Waals surface area (Å²) in [5, 5.41) is 3.51. The number of hydrogen-bond donors (Lipinski definition) is 1. The normalized spacial score (nSPS) is 11.4. The van der Waals surface area contributed by atoms with Crippen LogP contribution < -0.4 is 5.32 Å². The summed E-state index contributed by atoms with van der Waals surface area (Å²) in [5.41, 5.74) is 0.507. The largest absolute Gasteiger partial charge is 0.417 e. The molecule has 2 aromatic rings. The van der Waals surface area contributed by atoms with E-state index in [-0.39, 0.29) is 4.47 Å². The molecule has 0 radical (unpaired) electrons. The lowest BCUT2D eigenvalue weighted by molar-refractivity contribution is -0.138. The molecule has 20 heavy (non-hydrogen) atoms. The molecule has 0 aliphatic carbocycles. The van der Waals surface area contributed by atoms with E-state index in [4.69, 9.17) is 11.6 Å². The number of alkyl halides is 3. The molecule has 0 atom stereocenters. The number of rotatable bonds is 3. The summed E-state index contributed by atoms with van der Waals surface area (Å²) in [6, 6.07) is 11.2. The van der Waals surface area contributed by atoms with Crippen LogP contribution in [0.25, 0.3) is 0 Å². The maximum absolute atomic E-state index is 12.8. The molecule has 0 saturated carbocycles. The third kappa shape index (κ3) is 3.67. The minimum absolute atomic E-state index is 0.0216. The van der Waals surface area contributed by atoms with Crippen LogP contribution in [0.5, 0.6) is 0 Å². The summed E-state index contributed by atoms with van der Waals surface area (Å²) >= 11 is 8.90. The summed E-state index contributed by atoms with van der Waals surface area (Å²) in [6.45, 7) is 0.360. The van der Waals surface area contributed by atoms with Crippen LogP contribution >= 0.6 is 27.5 Å². The highest BCUT2D eigenvalue weighted by atomic mass is 79.9. The summed E-state index contributed by atoms with van der Waals surface area (Å²) in [7, 11) is 0. The molecule has 0 bridgehead atoms. The third-order valence-corrected chi connectivity index (χ3v) is 3.77. The van der Waals surface area contributed by atoms with E-state index in [1.807, 2.05) is 12.1 Å². The Kier molecular flexibility index (Phi) is 4.60. The Balaban J connectivity index is 2.17. The van der Waals surface area contributed by atoms with Gasteiger partial charge in [0, 0.05) is 21.7 Å². The highest BCUT2D eigenvalue weighted by Crippen LogP contribution is 2.36. The second-order valence-corrected chi connectivity index (χ2v) is 5.40. The maximum atomic E-state index is 12.8. The lowest BCUT2D eigenvalue weighted by atomic mass is 10.1. The fraction of sp³-hybridized carbons (Fsp3) is 0.143. The lowest BCUT2D eigenvalue weighted by Gasteiger charge is -2.13. The molecular weight excluding hydrogens is 355 g/mol. The minimum Gasteiger partial charge on any atom is -0.381 e. The van der Waals surface area contributed by atoms with E-state index in [0.717, 1.165) is 11.6 Å². The van der Waals surface area contributed by atoms with Crippen molar-refractivity contribution in [1.29, 1.82) is 0 Å². The molecule has 0 heterocycles. The average Bonchev–Trinajstić information content (AvgIpc) is 2.38. The van der Waals surface area contributed by atoms with Crippen LogP contribution in [0.2, 0.25) is 5.02 Å². The average molecular weight is 365 g/mol. The molecule has 0 aromatic heterocycles. The van der Waals surface area contributed by atoms with Gasteiger partial charge in [-0.25, -0.2) is 0 Å². The van der Waals surface area contributed by atoms with Gasteiger partial charge in [-0.05, 0) is 29.8 Å². The van der Waals surface area contributed by atoms with Crippen molar-refractivity contribution in [2.24, 2.45) is 0 Å². The Morgan fingerprint density at radius 3 is 2.45 bits per heavy atom. The van der Waals surface area contributed by atoms with Gasteiger partial charge in [-0.3, -0.25) is 0 Å². The third-order valence-electron chi connectivity index (χ3n) is 2.71. The van der Waals surface area contributed by atoms with Crippen molar-refractivity contribution >= 4 is 33.2 Å². The molecule has 6 heteroatoms. The number of hydrogen-bond acceptors (Lipinski definition) is 1. The summed E-state index contributed by atoms with van der Waals surface area (Å²) < 4.78 is 38.4. The molecule has 1 nitrogen and oxygen atoms in total. The number of anilines is 1. The van der Waals surface area contributed by atoms with Gasteiger partial charge in [0.15, 0.2) is 0 Å². The molecule has 0 saturated heterocycles. The molecule has 2 aromatic carbocycles. The van der Waals surface area contributed by atoms with Gasteiger partial charge < -0.3 is 5.32 Å². The van der Waals surface area contributed by atoms with Crippen LogP contribution in [0.3, 0.4) is 0 Å². The van der Waals surface area contributed by atoms with E-state index in [9.17, 15) is 13.2 Å². The predicted molar refractivity (Wildman–Crippen MR) is 77.9 cm³/mol. The van der Waals surface area contributed by atoms with E-state index in [0.29, 0.717) is 17.3 Å². The highest BCUT2D eigenvalue weighted by molar-refractivity contribution is 9.10. The maximum Gasteiger partial charge on any atom is 0.417 e. The molecule has 1 N–H and O–H groups in total. The Hall–Kier alpha value is -1.20. The first-order valence-corrected chi connectivity index (χ1v) is 6.89. The van der Waals surface area contributed by atoms with E-state index in [2.05, 4.69) is 21.2 Å². The Labute approximate surface area is 127 Å². The molecule has 0 aliphatic rings. The quantitative estimate of drug-likeness (QED) is 0.733. The zero-order valence-corrected chi connectivity index (χ0v) is 12.5. The van der Waals surface area contributed by atoms with Crippen molar-refractivity contribution in [3.63, 3.8) is 0 Å². The predicted octanol–water partition coefficient (Wildman–Crippen LogP) is 5.73. The van der Waals surface area contributed by atoms with Crippen molar-refractivity contribution in [1.82, 2.24) is 0 Å². The van der Waals surface area contributed by atoms with Crippen LogP contribution in [-0.4, -0.2) is 0 Å². The second kappa shape index (κ2) is 6.06. The molecule has 0 fully saturated rings. The molecule has 106 valence electrons. The van der Waals surface area contributed by atoms with Crippen molar-refractivity contribution in [3.8, 4) is 0 Å². The zero-order chi connectivity index (χ0) is 14.8. The molecule has 0 spiro atoms. The monoisotopic (exact) mass is 363 g/mol. The summed E-state index contributed by atoms with van der Waals surface area (Å²) in [6.07, 6.45) is -4.39. The highest BCUT2D eigenvalue weighted by Gasteiger charge is 2.33. The van der Waals surface area contributed by atoms with Gasteiger partial charge in [0.1, 0.15) is 0 Å². The molecule has 2 rings (SSSR count). The fourth-order valence-electron chi connectivity index (χ4n) is 1.69. The minimum atomic E-state index is -4.39. The lowest BCUT2D eigenvalue weighted by Crippen LogP contribution is -2.07. The van der Waals surface area contributed by atoms with E-state index in [1.54, 1.807) is 18.2 Å². The van der Waals surface area contributed by atoms with Crippen molar-refractivity contribution in [2.45, 2.75) is 12.7 Å². The molecule has 0 unspecified atom stereocenters. The summed E-state index contributed by atoms with van der Waals surface area (Å²) in [5.74, 6) is 0. The fourth-order valence-corrected chi connectivity index (χ4v) is 2.37. The standard InChI is InChI=1S/C14H10BrClF3N/c15-12-6-5-10(7-11(12)14(17,18)19)20-8-9-3-1-2-4-13(9)16/h1-7,20H,8H2. The van der Waals surface area contributed by atoms with Gasteiger partial charge >= 0.3 is 6.18 Å². The van der Waals surface area contributed by atoms with Crippen molar-refractivity contribution < 1.29 is 13.2 Å². The van der Waals surface area contributed by atoms with Crippen molar-refractivity contribution in [2.75, 3.05) is 5.32 Å². The van der Waals surface area contributed by atoms with Crippen LogP contribution in [0.4, 0.5) is 18.9 Å². The van der Waals surface area contributed by atoms with Crippen LogP contribution in [0, 0.1) is 0 Å². The Morgan fingerprint density at radius 1 is 1.10 bits per heavy atom. The molecule has 0 amide bonds. The molecular formula is C14H10BrClF3N. The zero-order valence-electron chi connectivity index (χ0n) is 10.1. The van der Waals surface area contributed by atoms with Gasteiger partial charge in [0.25, 0.3) is 0 Å². The van der Waals surface area contributed by atoms with Gasteiger partial charge in [-0.2, -0.15) is 13.2 Å². The van der Waals surface area contributed by atoms with Crippen LogP contribution in [0.15, 0.2) is 46.9 Å². The van der Waals surface area contributed by atoms with Crippen LogP contribution in [-0.2, 0) is 12.7 Å². The topological polar surface area (TPSA) is 12.0 Å². The Morgan fingerprint density at radius 2 is 1.80 bits per heavy atom. The van der Waals surface area contributed by atoms with Gasteiger partial charge in [-0.15, -0.1) is 0 Å². The van der Waals surface area contributed by atoms with E-state index >= 15 is 0 Å². The molecule has 0 aliphatic heterocycles. The van der Waals surface area contributed by atoms with Crippen LogP contribution in [0.1, 0.15) is 11.1 Å². The van der Waals surface area contributed by atoms with E-state index < -0.39 is 11.7 Å². The first-order valence-electron chi connectivity index (χ1n) is 5.72. The first-order chi connectivity index (χ1) is 9.38.